The number of nitrogens with one attached hydrogen (secondary N) is 1. The van der Waals surface area contributed by atoms with Crippen LogP contribution in [0.3, 0.4) is 0 Å². The van der Waals surface area contributed by atoms with E-state index in [4.69, 9.17) is 4.74 Å². The van der Waals surface area contributed by atoms with Crippen molar-refractivity contribution < 1.29 is 4.74 Å². The highest BCUT2D eigenvalue weighted by molar-refractivity contribution is 7.99. The van der Waals surface area contributed by atoms with Crippen LogP contribution < -0.4 is 5.32 Å². The zero-order valence-electron chi connectivity index (χ0n) is 11.0. The maximum Gasteiger partial charge on any atom is 0.0469 e. The van der Waals surface area contributed by atoms with Crippen LogP contribution in [0.1, 0.15) is 19.3 Å². The lowest BCUT2D eigenvalue weighted by Gasteiger charge is -2.29. The number of nitrogens with zero attached hydrogens (tertiary/aromatic N) is 1. The maximum absolute atomic E-state index is 5.41. The van der Waals surface area contributed by atoms with Gasteiger partial charge in [-0.3, -0.25) is 0 Å². The monoisotopic (exact) mass is 258 g/mol. The van der Waals surface area contributed by atoms with Crippen LogP contribution in [0.4, 0.5) is 0 Å². The lowest BCUT2D eigenvalue weighted by Crippen LogP contribution is -2.40. The molecule has 0 aromatic rings. The van der Waals surface area contributed by atoms with Crippen molar-refractivity contribution in [3.8, 4) is 0 Å². The van der Waals surface area contributed by atoms with Crippen molar-refractivity contribution in [1.29, 1.82) is 0 Å². The summed E-state index contributed by atoms with van der Waals surface area (Å²) >= 11 is 2.09. The first kappa shape index (κ1) is 13.7. The molecule has 2 aliphatic rings. The maximum atomic E-state index is 5.41. The van der Waals surface area contributed by atoms with Gasteiger partial charge in [-0.15, -0.1) is 0 Å². The molecule has 0 saturated carbocycles. The highest BCUT2D eigenvalue weighted by Gasteiger charge is 2.17. The van der Waals surface area contributed by atoms with E-state index in [0.717, 1.165) is 25.2 Å². The van der Waals surface area contributed by atoms with Crippen LogP contribution in [0, 0.1) is 5.92 Å². The minimum Gasteiger partial charge on any atom is -0.381 e. The van der Waals surface area contributed by atoms with Crippen LogP contribution in [0.15, 0.2) is 0 Å². The highest BCUT2D eigenvalue weighted by Crippen LogP contribution is 2.16. The van der Waals surface area contributed by atoms with Gasteiger partial charge in [0, 0.05) is 43.9 Å². The van der Waals surface area contributed by atoms with E-state index in [-0.39, 0.29) is 0 Å². The standard InChI is InChI=1S/C13H26N2OS/c1-15(10-12-3-7-16-8-4-12)6-2-13-11-17-9-5-14-13/h12-14H,2-11H2,1H3. The summed E-state index contributed by atoms with van der Waals surface area (Å²) in [4.78, 5) is 2.51. The van der Waals surface area contributed by atoms with Gasteiger partial charge in [0.1, 0.15) is 0 Å². The summed E-state index contributed by atoms with van der Waals surface area (Å²) in [5.41, 5.74) is 0. The van der Waals surface area contributed by atoms with Gasteiger partial charge in [0.2, 0.25) is 0 Å². The van der Waals surface area contributed by atoms with Crippen molar-refractivity contribution in [2.45, 2.75) is 25.3 Å². The van der Waals surface area contributed by atoms with Crippen molar-refractivity contribution in [3.05, 3.63) is 0 Å². The molecule has 0 bridgehead atoms. The lowest BCUT2D eigenvalue weighted by atomic mass is 10.00. The molecule has 2 heterocycles. The van der Waals surface area contributed by atoms with Gasteiger partial charge in [-0.05, 0) is 38.8 Å². The van der Waals surface area contributed by atoms with Crippen molar-refractivity contribution in [2.24, 2.45) is 5.92 Å². The first-order valence-corrected chi connectivity index (χ1v) is 8.07. The zero-order valence-corrected chi connectivity index (χ0v) is 11.8. The van der Waals surface area contributed by atoms with E-state index < -0.39 is 0 Å². The second kappa shape index (κ2) is 7.62. The van der Waals surface area contributed by atoms with Crippen LogP contribution in [-0.4, -0.2) is 62.3 Å². The Morgan fingerprint density at radius 3 is 2.88 bits per heavy atom. The Labute approximate surface area is 110 Å². The Morgan fingerprint density at radius 1 is 1.35 bits per heavy atom. The van der Waals surface area contributed by atoms with Crippen LogP contribution >= 0.6 is 11.8 Å². The quantitative estimate of drug-likeness (QED) is 0.806. The SMILES string of the molecule is CN(CCC1CSCCN1)CC1CCOCC1. The largest absolute Gasteiger partial charge is 0.381 e. The zero-order chi connectivity index (χ0) is 11.9. The van der Waals surface area contributed by atoms with E-state index in [2.05, 4.69) is 29.0 Å². The van der Waals surface area contributed by atoms with E-state index in [0.29, 0.717) is 0 Å². The number of hydrogen-bond acceptors (Lipinski definition) is 4. The Morgan fingerprint density at radius 2 is 2.18 bits per heavy atom. The van der Waals surface area contributed by atoms with Crippen LogP contribution in [0.2, 0.25) is 0 Å². The van der Waals surface area contributed by atoms with Gasteiger partial charge in [-0.2, -0.15) is 11.8 Å². The second-order valence-corrected chi connectivity index (χ2v) is 6.48. The fourth-order valence-electron chi connectivity index (χ4n) is 2.64. The molecule has 2 rings (SSSR count). The summed E-state index contributed by atoms with van der Waals surface area (Å²) in [6.45, 7) is 5.62. The van der Waals surface area contributed by atoms with Gasteiger partial charge in [0.05, 0.1) is 0 Å². The number of rotatable bonds is 5. The third-order valence-corrected chi connectivity index (χ3v) is 4.90. The summed E-state index contributed by atoms with van der Waals surface area (Å²) in [6, 6.07) is 0.742. The summed E-state index contributed by atoms with van der Waals surface area (Å²) in [5, 5.41) is 3.61. The van der Waals surface area contributed by atoms with Gasteiger partial charge < -0.3 is 15.0 Å². The Kier molecular flexibility index (Phi) is 6.12. The van der Waals surface area contributed by atoms with Crippen molar-refractivity contribution in [3.63, 3.8) is 0 Å². The third kappa shape index (κ3) is 5.16. The van der Waals surface area contributed by atoms with E-state index in [1.165, 1.54) is 50.4 Å². The molecule has 100 valence electrons. The molecule has 0 amide bonds. The Balaban J connectivity index is 1.57. The van der Waals surface area contributed by atoms with Crippen LogP contribution in [-0.2, 0) is 4.74 Å². The van der Waals surface area contributed by atoms with E-state index in [1.54, 1.807) is 0 Å². The second-order valence-electron chi connectivity index (χ2n) is 5.33. The minimum atomic E-state index is 0.742. The molecule has 1 unspecified atom stereocenters. The van der Waals surface area contributed by atoms with Crippen LogP contribution in [0.25, 0.3) is 0 Å². The normalized spacial score (nSPS) is 27.5. The van der Waals surface area contributed by atoms with Gasteiger partial charge in [0.25, 0.3) is 0 Å². The number of ether oxygens (including phenoxy) is 1. The molecule has 2 fully saturated rings. The minimum absolute atomic E-state index is 0.742. The smallest absolute Gasteiger partial charge is 0.0469 e. The molecule has 0 spiro atoms. The molecule has 2 aliphatic heterocycles. The lowest BCUT2D eigenvalue weighted by molar-refractivity contribution is 0.0554. The molecule has 0 aliphatic carbocycles. The predicted octanol–water partition coefficient (Wildman–Crippen LogP) is 1.44. The predicted molar refractivity (Wildman–Crippen MR) is 74.8 cm³/mol. The first-order chi connectivity index (χ1) is 8.34. The highest BCUT2D eigenvalue weighted by atomic mass is 32.2. The van der Waals surface area contributed by atoms with Gasteiger partial charge in [-0.1, -0.05) is 0 Å². The molecule has 0 radical (unpaired) electrons. The van der Waals surface area contributed by atoms with Crippen LogP contribution in [0.5, 0.6) is 0 Å². The summed E-state index contributed by atoms with van der Waals surface area (Å²) in [6.07, 6.45) is 3.80. The molecule has 3 nitrogen and oxygen atoms in total. The number of thioether (sulfide) groups is 1. The molecule has 17 heavy (non-hydrogen) atoms. The van der Waals surface area contributed by atoms with E-state index in [9.17, 15) is 0 Å². The van der Waals surface area contributed by atoms with Gasteiger partial charge >= 0.3 is 0 Å². The molecule has 0 aromatic heterocycles. The molecular formula is C13H26N2OS. The fourth-order valence-corrected chi connectivity index (χ4v) is 3.64. The third-order valence-electron chi connectivity index (χ3n) is 3.77. The molecule has 2 saturated heterocycles. The van der Waals surface area contributed by atoms with E-state index >= 15 is 0 Å². The Bertz CT molecular complexity index is 204. The average Bonchev–Trinajstić information content (AvgIpc) is 2.39. The van der Waals surface area contributed by atoms with Crippen molar-refractivity contribution in [2.75, 3.05) is 51.4 Å². The summed E-state index contributed by atoms with van der Waals surface area (Å²) < 4.78 is 5.41. The van der Waals surface area contributed by atoms with E-state index in [1.807, 2.05) is 0 Å². The van der Waals surface area contributed by atoms with Gasteiger partial charge in [0.15, 0.2) is 0 Å². The summed E-state index contributed by atoms with van der Waals surface area (Å²) in [5.74, 6) is 3.45. The molecule has 1 N–H and O–H groups in total. The molecule has 0 aromatic carbocycles. The first-order valence-electron chi connectivity index (χ1n) is 6.92. The molecular weight excluding hydrogens is 232 g/mol. The number of hydrogen-bond donors (Lipinski definition) is 1. The van der Waals surface area contributed by atoms with Gasteiger partial charge in [-0.25, -0.2) is 0 Å². The molecule has 4 heteroatoms. The fraction of sp³-hybridized carbons (Fsp3) is 1.00. The van der Waals surface area contributed by atoms with Crippen molar-refractivity contribution in [1.82, 2.24) is 10.2 Å². The van der Waals surface area contributed by atoms with Crippen molar-refractivity contribution >= 4 is 11.8 Å². The Hall–Kier alpha value is 0.230. The molecule has 1 atom stereocenters. The topological polar surface area (TPSA) is 24.5 Å². The average molecular weight is 258 g/mol. The summed E-state index contributed by atoms with van der Waals surface area (Å²) in [7, 11) is 2.27.